The van der Waals surface area contributed by atoms with E-state index in [1.807, 2.05) is 51.4 Å². The molecule has 1 aliphatic rings. The van der Waals surface area contributed by atoms with Crippen LogP contribution >= 0.6 is 0 Å². The van der Waals surface area contributed by atoms with Gasteiger partial charge in [-0.2, -0.15) is 10.1 Å². The predicted octanol–water partition coefficient (Wildman–Crippen LogP) is 3.61. The number of H-pyrrole nitrogens is 1. The third-order valence-electron chi connectivity index (χ3n) is 7.24. The topological polar surface area (TPSA) is 148 Å². The lowest BCUT2D eigenvalue weighted by Gasteiger charge is -2.16. The van der Waals surface area contributed by atoms with Gasteiger partial charge >= 0.3 is 6.01 Å². The first-order valence-electron chi connectivity index (χ1n) is 13.6. The Bertz CT molecular complexity index is 1730. The van der Waals surface area contributed by atoms with E-state index in [4.69, 9.17) is 14.5 Å². The van der Waals surface area contributed by atoms with E-state index in [1.165, 1.54) is 7.11 Å². The van der Waals surface area contributed by atoms with Gasteiger partial charge in [0.15, 0.2) is 5.82 Å². The SMILES string of the molecule is COc1nccc(OC2CCN(CC(=O)Nc3cccc4c(-c5nc(Nc6cc(C)n(C)n6)ncc5C)c[nH]c34)C2)n1. The molecule has 4 aromatic heterocycles. The second-order valence-electron chi connectivity index (χ2n) is 10.3. The number of carbonyl (C=O) groups is 1. The Kier molecular flexibility index (Phi) is 7.40. The molecule has 5 heterocycles. The maximum atomic E-state index is 13.1. The van der Waals surface area contributed by atoms with E-state index in [9.17, 15) is 4.79 Å². The van der Waals surface area contributed by atoms with Crippen molar-refractivity contribution in [3.63, 3.8) is 0 Å². The number of rotatable bonds is 9. The number of aryl methyl sites for hydroxylation is 3. The summed E-state index contributed by atoms with van der Waals surface area (Å²) in [6.07, 6.45) is 6.03. The van der Waals surface area contributed by atoms with Gasteiger partial charge in [-0.15, -0.1) is 0 Å². The molecule has 6 rings (SSSR count). The molecule has 42 heavy (non-hydrogen) atoms. The first-order chi connectivity index (χ1) is 20.4. The molecule has 1 fully saturated rings. The summed E-state index contributed by atoms with van der Waals surface area (Å²) in [4.78, 5) is 35.9. The summed E-state index contributed by atoms with van der Waals surface area (Å²) in [7, 11) is 3.40. The van der Waals surface area contributed by atoms with Gasteiger partial charge in [-0.3, -0.25) is 14.4 Å². The molecule has 13 heteroatoms. The number of hydrogen-bond donors (Lipinski definition) is 3. The van der Waals surface area contributed by atoms with Crippen molar-refractivity contribution in [1.29, 1.82) is 0 Å². The molecule has 0 bridgehead atoms. The van der Waals surface area contributed by atoms with E-state index in [2.05, 4.69) is 40.6 Å². The van der Waals surface area contributed by atoms with Gasteiger partial charge in [-0.1, -0.05) is 12.1 Å². The molecular weight excluding hydrogens is 536 g/mol. The van der Waals surface area contributed by atoms with Gasteiger partial charge in [0.05, 0.1) is 30.6 Å². The minimum atomic E-state index is -0.0987. The van der Waals surface area contributed by atoms with Gasteiger partial charge in [0, 0.05) is 67.5 Å². The number of carbonyl (C=O) groups excluding carboxylic acids is 1. The number of amides is 1. The molecule has 1 amide bonds. The number of hydrogen-bond acceptors (Lipinski definition) is 10. The molecule has 13 nitrogen and oxygen atoms in total. The van der Waals surface area contributed by atoms with Crippen molar-refractivity contribution in [3.05, 3.63) is 60.2 Å². The number of methoxy groups -OCH3 is 1. The Morgan fingerprint density at radius 3 is 2.88 bits per heavy atom. The summed E-state index contributed by atoms with van der Waals surface area (Å²) >= 11 is 0. The average Bonchev–Trinajstić information content (AvgIpc) is 3.69. The number of aromatic nitrogens is 7. The van der Waals surface area contributed by atoms with E-state index >= 15 is 0 Å². The summed E-state index contributed by atoms with van der Waals surface area (Å²) in [5.41, 5.74) is 5.20. The number of aromatic amines is 1. The largest absolute Gasteiger partial charge is 0.473 e. The highest BCUT2D eigenvalue weighted by molar-refractivity contribution is 6.06. The van der Waals surface area contributed by atoms with Gasteiger partial charge in [0.1, 0.15) is 6.10 Å². The Morgan fingerprint density at radius 1 is 1.19 bits per heavy atom. The molecule has 0 saturated carbocycles. The van der Waals surface area contributed by atoms with E-state index in [-0.39, 0.29) is 24.6 Å². The molecule has 5 aromatic rings. The fourth-order valence-corrected chi connectivity index (χ4v) is 5.06. The molecule has 1 unspecified atom stereocenters. The van der Waals surface area contributed by atoms with Crippen molar-refractivity contribution in [2.24, 2.45) is 7.05 Å². The Balaban J connectivity index is 1.13. The van der Waals surface area contributed by atoms with Crippen LogP contribution in [0.2, 0.25) is 0 Å². The van der Waals surface area contributed by atoms with Gasteiger partial charge in [-0.05, 0) is 31.9 Å². The molecule has 1 atom stereocenters. The molecule has 1 aliphatic heterocycles. The highest BCUT2D eigenvalue weighted by Gasteiger charge is 2.26. The van der Waals surface area contributed by atoms with Crippen LogP contribution in [-0.4, -0.2) is 78.4 Å². The molecule has 0 aliphatic carbocycles. The van der Waals surface area contributed by atoms with Crippen LogP contribution in [0.1, 0.15) is 17.7 Å². The van der Waals surface area contributed by atoms with Crippen LogP contribution in [0, 0.1) is 13.8 Å². The van der Waals surface area contributed by atoms with Gasteiger partial charge < -0.3 is 25.1 Å². The molecule has 0 radical (unpaired) electrons. The number of para-hydroxylation sites is 1. The zero-order valence-electron chi connectivity index (χ0n) is 23.9. The quantitative estimate of drug-likeness (QED) is 0.241. The zero-order valence-corrected chi connectivity index (χ0v) is 23.9. The van der Waals surface area contributed by atoms with Gasteiger partial charge in [0.2, 0.25) is 17.7 Å². The first kappa shape index (κ1) is 27.1. The minimum absolute atomic E-state index is 0.0658. The molecular formula is C29H32N10O3. The van der Waals surface area contributed by atoms with Crippen LogP contribution in [0.25, 0.3) is 22.2 Å². The van der Waals surface area contributed by atoms with Crippen LogP contribution in [0.4, 0.5) is 17.5 Å². The maximum absolute atomic E-state index is 13.1. The van der Waals surface area contributed by atoms with E-state index in [0.717, 1.165) is 46.4 Å². The number of nitrogens with one attached hydrogen (secondary N) is 3. The highest BCUT2D eigenvalue weighted by atomic mass is 16.5. The van der Waals surface area contributed by atoms with Crippen LogP contribution in [-0.2, 0) is 11.8 Å². The highest BCUT2D eigenvalue weighted by Crippen LogP contribution is 2.33. The number of anilines is 3. The molecule has 3 N–H and O–H groups in total. The summed E-state index contributed by atoms with van der Waals surface area (Å²) in [6, 6.07) is 9.73. The van der Waals surface area contributed by atoms with Crippen molar-refractivity contribution >= 4 is 34.3 Å². The predicted molar refractivity (Wildman–Crippen MR) is 158 cm³/mol. The molecule has 1 saturated heterocycles. The fraction of sp³-hybridized carbons (Fsp3) is 0.310. The summed E-state index contributed by atoms with van der Waals surface area (Å²) < 4.78 is 12.8. The summed E-state index contributed by atoms with van der Waals surface area (Å²) in [5.74, 6) is 1.50. The standard InChI is InChI=1S/C29H32N10O3/c1-17-13-32-28(34-23-12-18(2)38(3)37-23)36-26(17)21-14-31-27-20(21)6-5-7-22(27)33-24(40)16-39-11-9-19(15-39)42-25-8-10-30-29(35-25)41-4/h5-8,10,12-14,19,31H,9,11,15-16H2,1-4H3,(H,33,40)(H,32,34,36,37). The van der Waals surface area contributed by atoms with E-state index < -0.39 is 0 Å². The normalized spacial score (nSPS) is 15.2. The summed E-state index contributed by atoms with van der Waals surface area (Å²) in [5, 5.41) is 11.6. The van der Waals surface area contributed by atoms with Crippen molar-refractivity contribution in [2.45, 2.75) is 26.4 Å². The van der Waals surface area contributed by atoms with Crippen LogP contribution in [0.3, 0.4) is 0 Å². The third-order valence-corrected chi connectivity index (χ3v) is 7.24. The van der Waals surface area contributed by atoms with Gasteiger partial charge in [0.25, 0.3) is 0 Å². The second kappa shape index (κ2) is 11.4. The number of fused-ring (bicyclic) bond motifs is 1. The van der Waals surface area contributed by atoms with Crippen molar-refractivity contribution < 1.29 is 14.3 Å². The maximum Gasteiger partial charge on any atom is 0.319 e. The lowest BCUT2D eigenvalue weighted by molar-refractivity contribution is -0.117. The molecule has 0 spiro atoms. The van der Waals surface area contributed by atoms with Crippen molar-refractivity contribution in [2.75, 3.05) is 37.4 Å². The summed E-state index contributed by atoms with van der Waals surface area (Å²) in [6.45, 7) is 5.58. The number of nitrogens with zero attached hydrogens (tertiary/aromatic N) is 7. The fourth-order valence-electron chi connectivity index (χ4n) is 5.06. The zero-order chi connectivity index (χ0) is 29.2. The van der Waals surface area contributed by atoms with E-state index in [0.29, 0.717) is 29.9 Å². The smallest absolute Gasteiger partial charge is 0.319 e. The Labute approximate surface area is 242 Å². The third kappa shape index (κ3) is 5.72. The number of benzene rings is 1. The molecule has 1 aromatic carbocycles. The van der Waals surface area contributed by atoms with Crippen molar-refractivity contribution in [1.82, 2.24) is 39.6 Å². The lowest BCUT2D eigenvalue weighted by atomic mass is 10.1. The first-order valence-corrected chi connectivity index (χ1v) is 13.6. The van der Waals surface area contributed by atoms with Crippen LogP contribution in [0.5, 0.6) is 11.9 Å². The number of likely N-dealkylation sites (tertiary alicyclic amines) is 1. The van der Waals surface area contributed by atoms with E-state index in [1.54, 1.807) is 23.1 Å². The second-order valence-corrected chi connectivity index (χ2v) is 10.3. The van der Waals surface area contributed by atoms with Gasteiger partial charge in [-0.25, -0.2) is 15.0 Å². The lowest BCUT2D eigenvalue weighted by Crippen LogP contribution is -2.33. The Morgan fingerprint density at radius 2 is 2.07 bits per heavy atom. The monoisotopic (exact) mass is 568 g/mol. The average molecular weight is 569 g/mol. The van der Waals surface area contributed by atoms with Crippen LogP contribution in [0.15, 0.2) is 48.9 Å². The van der Waals surface area contributed by atoms with Crippen LogP contribution < -0.4 is 20.1 Å². The van der Waals surface area contributed by atoms with Crippen molar-refractivity contribution in [3.8, 4) is 23.1 Å². The number of ether oxygens (including phenoxy) is 2. The minimum Gasteiger partial charge on any atom is -0.473 e. The molecule has 216 valence electrons. The Hall–Kier alpha value is -5.04.